The van der Waals surface area contributed by atoms with Crippen LogP contribution >= 0.6 is 22.7 Å². The van der Waals surface area contributed by atoms with E-state index in [4.69, 9.17) is 9.84 Å². The molecule has 7 heteroatoms. The molecule has 0 atom stereocenters. The van der Waals surface area contributed by atoms with Crippen LogP contribution in [0.4, 0.5) is 5.13 Å². The highest BCUT2D eigenvalue weighted by Gasteiger charge is 2.15. The number of aliphatic hydroxyl groups excluding tert-OH is 1. The Kier molecular flexibility index (Phi) is 4.52. The molecule has 0 aliphatic heterocycles. The molecule has 0 saturated carbocycles. The first-order valence-corrected chi connectivity index (χ1v) is 6.92. The van der Waals surface area contributed by atoms with Gasteiger partial charge >= 0.3 is 0 Å². The topological polar surface area (TPSA) is 71.5 Å². The van der Waals surface area contributed by atoms with Crippen molar-refractivity contribution < 1.29 is 14.6 Å². The maximum absolute atomic E-state index is 12.0. The van der Waals surface area contributed by atoms with E-state index in [2.05, 4.69) is 22.1 Å². The number of thiophene rings is 1. The van der Waals surface area contributed by atoms with Gasteiger partial charge in [-0.25, -0.2) is 4.98 Å². The summed E-state index contributed by atoms with van der Waals surface area (Å²) < 4.78 is 5.08. The van der Waals surface area contributed by atoms with Crippen LogP contribution in [0.5, 0.6) is 5.75 Å². The minimum Gasteiger partial charge on any atom is -0.495 e. The molecule has 5 nitrogen and oxygen atoms in total. The molecule has 98 valence electrons. The molecule has 0 aliphatic rings. The van der Waals surface area contributed by atoms with E-state index in [9.17, 15) is 4.79 Å². The van der Waals surface area contributed by atoms with Gasteiger partial charge in [-0.15, -0.1) is 11.3 Å². The summed E-state index contributed by atoms with van der Waals surface area (Å²) in [5.41, 5.74) is 0. The van der Waals surface area contributed by atoms with Crippen LogP contribution in [0.1, 0.15) is 14.5 Å². The molecule has 19 heavy (non-hydrogen) atoms. The largest absolute Gasteiger partial charge is 0.495 e. The third-order valence-electron chi connectivity index (χ3n) is 2.07. The van der Waals surface area contributed by atoms with Crippen molar-refractivity contribution >= 4 is 33.7 Å². The molecule has 2 aromatic rings. The van der Waals surface area contributed by atoms with Gasteiger partial charge in [0.1, 0.15) is 17.2 Å². The minimum absolute atomic E-state index is 0.202. The SMILES string of the molecule is COc1ccsc1C(=O)Nc1ncc(C#CCO)s1. The predicted molar refractivity (Wildman–Crippen MR) is 74.9 cm³/mol. The lowest BCUT2D eigenvalue weighted by molar-refractivity contribution is 0.102. The molecule has 2 heterocycles. The first kappa shape index (κ1) is 13.5. The molecule has 1 amide bonds. The van der Waals surface area contributed by atoms with Crippen LogP contribution in [-0.4, -0.2) is 29.7 Å². The number of amides is 1. The Labute approximate surface area is 117 Å². The second-order valence-corrected chi connectivity index (χ2v) is 5.21. The Morgan fingerprint density at radius 3 is 3.21 bits per heavy atom. The Hall–Kier alpha value is -1.88. The zero-order valence-corrected chi connectivity index (χ0v) is 11.6. The molecule has 0 spiro atoms. The summed E-state index contributed by atoms with van der Waals surface area (Å²) in [6.45, 7) is -0.202. The molecule has 0 saturated heterocycles. The molecule has 0 unspecified atom stereocenters. The van der Waals surface area contributed by atoms with E-state index >= 15 is 0 Å². The summed E-state index contributed by atoms with van der Waals surface area (Å²) >= 11 is 2.55. The highest BCUT2D eigenvalue weighted by Crippen LogP contribution is 2.26. The number of hydrogen-bond acceptors (Lipinski definition) is 6. The Morgan fingerprint density at radius 2 is 2.47 bits per heavy atom. The van der Waals surface area contributed by atoms with Gasteiger partial charge in [0.05, 0.1) is 18.2 Å². The quantitative estimate of drug-likeness (QED) is 0.847. The van der Waals surface area contributed by atoms with E-state index in [1.165, 1.54) is 29.8 Å². The van der Waals surface area contributed by atoms with Crippen molar-refractivity contribution in [2.45, 2.75) is 0 Å². The number of carbonyl (C=O) groups is 1. The van der Waals surface area contributed by atoms with E-state index in [0.717, 1.165) is 0 Å². The number of rotatable bonds is 3. The van der Waals surface area contributed by atoms with Gasteiger partial charge in [0, 0.05) is 0 Å². The fourth-order valence-corrected chi connectivity index (χ4v) is 2.73. The molecular weight excluding hydrogens is 284 g/mol. The van der Waals surface area contributed by atoms with Crippen molar-refractivity contribution in [1.82, 2.24) is 4.98 Å². The molecular formula is C12H10N2O3S2. The maximum Gasteiger partial charge on any atom is 0.271 e. The molecule has 2 rings (SSSR count). The highest BCUT2D eigenvalue weighted by molar-refractivity contribution is 7.16. The number of carbonyl (C=O) groups excluding carboxylic acids is 1. The molecule has 0 aliphatic carbocycles. The third kappa shape index (κ3) is 3.32. The summed E-state index contributed by atoms with van der Waals surface area (Å²) in [4.78, 5) is 17.2. The molecule has 0 aromatic carbocycles. The van der Waals surface area contributed by atoms with Crippen molar-refractivity contribution in [3.8, 4) is 17.6 Å². The Morgan fingerprint density at radius 1 is 1.63 bits per heavy atom. The fourth-order valence-electron chi connectivity index (χ4n) is 1.29. The van der Waals surface area contributed by atoms with Gasteiger partial charge in [0.15, 0.2) is 5.13 Å². The average molecular weight is 294 g/mol. The summed E-state index contributed by atoms with van der Waals surface area (Å²) in [5, 5.41) is 13.5. The van der Waals surface area contributed by atoms with E-state index in [0.29, 0.717) is 20.6 Å². The van der Waals surface area contributed by atoms with Gasteiger partial charge < -0.3 is 9.84 Å². The number of thiazole rings is 1. The summed E-state index contributed by atoms with van der Waals surface area (Å²) in [7, 11) is 1.52. The van der Waals surface area contributed by atoms with Crippen molar-refractivity contribution in [3.05, 3.63) is 27.4 Å². The average Bonchev–Trinajstić information content (AvgIpc) is 3.04. The first-order valence-electron chi connectivity index (χ1n) is 5.23. The lowest BCUT2D eigenvalue weighted by Gasteiger charge is -2.01. The maximum atomic E-state index is 12.0. The van der Waals surface area contributed by atoms with Crippen LogP contribution < -0.4 is 10.1 Å². The van der Waals surface area contributed by atoms with Crippen LogP contribution in [0.2, 0.25) is 0 Å². The van der Waals surface area contributed by atoms with Gasteiger partial charge in [-0.1, -0.05) is 23.2 Å². The lowest BCUT2D eigenvalue weighted by Crippen LogP contribution is -2.10. The van der Waals surface area contributed by atoms with Crippen molar-refractivity contribution in [3.63, 3.8) is 0 Å². The van der Waals surface area contributed by atoms with Crippen LogP contribution in [-0.2, 0) is 0 Å². The predicted octanol–water partition coefficient (Wildman–Crippen LogP) is 1.81. The monoisotopic (exact) mass is 294 g/mol. The number of ether oxygens (including phenoxy) is 1. The van der Waals surface area contributed by atoms with E-state index in [-0.39, 0.29) is 12.5 Å². The lowest BCUT2D eigenvalue weighted by atomic mass is 10.4. The summed E-state index contributed by atoms with van der Waals surface area (Å²) in [5.74, 6) is 5.53. The van der Waals surface area contributed by atoms with Gasteiger partial charge in [0.25, 0.3) is 5.91 Å². The van der Waals surface area contributed by atoms with E-state index < -0.39 is 0 Å². The zero-order valence-electron chi connectivity index (χ0n) is 9.97. The highest BCUT2D eigenvalue weighted by atomic mass is 32.1. The standard InChI is InChI=1S/C12H10N2O3S2/c1-17-9-4-6-18-10(9)11(16)14-12-13-7-8(19-12)3-2-5-15/h4,6-7,15H,5H2,1H3,(H,13,14,16). The number of aliphatic hydroxyl groups is 1. The van der Waals surface area contributed by atoms with E-state index in [1.54, 1.807) is 17.6 Å². The van der Waals surface area contributed by atoms with Gasteiger partial charge in [-0.2, -0.15) is 0 Å². The summed E-state index contributed by atoms with van der Waals surface area (Å²) in [6, 6.07) is 1.74. The van der Waals surface area contributed by atoms with Crippen LogP contribution in [0, 0.1) is 11.8 Å². The van der Waals surface area contributed by atoms with Crippen molar-refractivity contribution in [2.24, 2.45) is 0 Å². The molecule has 0 radical (unpaired) electrons. The second kappa shape index (κ2) is 6.33. The number of nitrogens with zero attached hydrogens (tertiary/aromatic N) is 1. The number of hydrogen-bond donors (Lipinski definition) is 2. The Balaban J connectivity index is 2.09. The number of nitrogens with one attached hydrogen (secondary N) is 1. The van der Waals surface area contributed by atoms with E-state index in [1.807, 2.05) is 0 Å². The van der Waals surface area contributed by atoms with Crippen LogP contribution in [0.3, 0.4) is 0 Å². The van der Waals surface area contributed by atoms with Gasteiger partial charge in [0.2, 0.25) is 0 Å². The van der Waals surface area contributed by atoms with Gasteiger partial charge in [-0.05, 0) is 11.4 Å². The van der Waals surface area contributed by atoms with Gasteiger partial charge in [-0.3, -0.25) is 10.1 Å². The molecule has 2 aromatic heterocycles. The normalized spacial score (nSPS) is 9.58. The van der Waals surface area contributed by atoms with Crippen molar-refractivity contribution in [2.75, 3.05) is 19.0 Å². The summed E-state index contributed by atoms with van der Waals surface area (Å²) in [6.07, 6.45) is 1.55. The third-order valence-corrected chi connectivity index (χ3v) is 3.79. The number of methoxy groups -OCH3 is 1. The fraction of sp³-hybridized carbons (Fsp3) is 0.167. The van der Waals surface area contributed by atoms with Crippen LogP contribution in [0.15, 0.2) is 17.6 Å². The second-order valence-electron chi connectivity index (χ2n) is 3.26. The zero-order chi connectivity index (χ0) is 13.7. The first-order chi connectivity index (χ1) is 9.24. The smallest absolute Gasteiger partial charge is 0.271 e. The molecule has 0 bridgehead atoms. The Bertz CT molecular complexity index is 637. The minimum atomic E-state index is -0.261. The van der Waals surface area contributed by atoms with Crippen molar-refractivity contribution in [1.29, 1.82) is 0 Å². The number of aromatic nitrogens is 1. The number of anilines is 1. The van der Waals surface area contributed by atoms with Crippen LogP contribution in [0.25, 0.3) is 0 Å². The molecule has 0 fully saturated rings. The molecule has 2 N–H and O–H groups in total.